The molecular weight excluding hydrogens is 298 g/mol. The Morgan fingerprint density at radius 3 is 1.73 bits per heavy atom. The molecule has 0 aliphatic carbocycles. The molecule has 1 atom stereocenters. The van der Waals surface area contributed by atoms with E-state index in [2.05, 4.69) is 11.1 Å². The Morgan fingerprint density at radius 2 is 1.32 bits per heavy atom. The third-order valence-electron chi connectivity index (χ3n) is 4.44. The Morgan fingerprint density at radius 1 is 0.864 bits per heavy atom. The van der Waals surface area contributed by atoms with E-state index in [4.69, 9.17) is 0 Å². The first-order chi connectivity index (χ1) is 10.5. The fourth-order valence-corrected chi connectivity index (χ4v) is 3.67. The minimum Gasteiger partial charge on any atom is -0.261 e. The van der Waals surface area contributed by atoms with E-state index in [1.165, 1.54) is 69.2 Å². The molecule has 0 heterocycles. The highest BCUT2D eigenvalue weighted by atomic mass is 32.2. The van der Waals surface area contributed by atoms with Crippen molar-refractivity contribution in [3.63, 3.8) is 0 Å². The van der Waals surface area contributed by atoms with E-state index in [0.717, 1.165) is 19.3 Å². The summed E-state index contributed by atoms with van der Waals surface area (Å²) in [6.07, 6.45) is 14.8. The van der Waals surface area contributed by atoms with Gasteiger partial charge in [0.25, 0.3) is 0 Å². The summed E-state index contributed by atoms with van der Waals surface area (Å²) >= 11 is 0. The van der Waals surface area contributed by atoms with Crippen LogP contribution in [0.1, 0.15) is 90.9 Å². The van der Waals surface area contributed by atoms with Crippen molar-refractivity contribution in [1.29, 1.82) is 0 Å². The zero-order chi connectivity index (χ0) is 16.8. The smallest absolute Gasteiger partial charge is 0.261 e. The maximum Gasteiger partial charge on any atom is 0.338 e. The molecule has 0 amide bonds. The molecule has 22 heavy (non-hydrogen) atoms. The predicted molar refractivity (Wildman–Crippen MR) is 94.2 cm³/mol. The number of unbranched alkanes of at least 4 members (excludes halogenated alkanes) is 9. The van der Waals surface area contributed by atoms with Crippen molar-refractivity contribution >= 4 is 10.3 Å². The normalized spacial score (nSPS) is 13.7. The highest BCUT2D eigenvalue weighted by molar-refractivity contribution is 7.84. The second-order valence-electron chi connectivity index (χ2n) is 6.17. The van der Waals surface area contributed by atoms with Gasteiger partial charge in [0.1, 0.15) is 0 Å². The van der Waals surface area contributed by atoms with Crippen molar-refractivity contribution < 1.29 is 12.6 Å². The molecule has 0 fully saturated rings. The SMILES string of the molecule is CCCCCCCCCCCCC(CC)N(C)S(=O)(=O)OC. The summed E-state index contributed by atoms with van der Waals surface area (Å²) in [6, 6.07) is 0.0546. The summed E-state index contributed by atoms with van der Waals surface area (Å²) in [5, 5.41) is 0. The molecule has 5 heteroatoms. The van der Waals surface area contributed by atoms with Crippen molar-refractivity contribution in [2.75, 3.05) is 14.2 Å². The van der Waals surface area contributed by atoms with Gasteiger partial charge >= 0.3 is 10.3 Å². The molecule has 0 N–H and O–H groups in total. The van der Waals surface area contributed by atoms with E-state index in [-0.39, 0.29) is 6.04 Å². The average molecular weight is 336 g/mol. The Hall–Kier alpha value is -0.130. The van der Waals surface area contributed by atoms with E-state index in [1.54, 1.807) is 7.05 Å². The largest absolute Gasteiger partial charge is 0.338 e. The molecule has 0 aliphatic rings. The number of rotatable bonds is 15. The van der Waals surface area contributed by atoms with Crippen molar-refractivity contribution in [1.82, 2.24) is 4.31 Å². The van der Waals surface area contributed by atoms with Crippen LogP contribution in [0.25, 0.3) is 0 Å². The molecule has 134 valence electrons. The van der Waals surface area contributed by atoms with E-state index in [1.807, 2.05) is 6.92 Å². The van der Waals surface area contributed by atoms with Gasteiger partial charge in [-0.05, 0) is 12.8 Å². The maximum atomic E-state index is 11.7. The Bertz CT molecular complexity index is 344. The second-order valence-corrected chi connectivity index (χ2v) is 7.94. The highest BCUT2D eigenvalue weighted by Crippen LogP contribution is 2.17. The summed E-state index contributed by atoms with van der Waals surface area (Å²) in [5.41, 5.74) is 0. The van der Waals surface area contributed by atoms with Crippen molar-refractivity contribution in [3.05, 3.63) is 0 Å². The van der Waals surface area contributed by atoms with Gasteiger partial charge in [-0.3, -0.25) is 4.18 Å². The van der Waals surface area contributed by atoms with E-state index < -0.39 is 10.3 Å². The quantitative estimate of drug-likeness (QED) is 0.400. The minimum absolute atomic E-state index is 0.0546. The van der Waals surface area contributed by atoms with Crippen LogP contribution in [0.3, 0.4) is 0 Å². The average Bonchev–Trinajstić information content (AvgIpc) is 2.52. The van der Waals surface area contributed by atoms with Crippen molar-refractivity contribution in [3.8, 4) is 0 Å². The lowest BCUT2D eigenvalue weighted by atomic mass is 10.0. The van der Waals surface area contributed by atoms with Gasteiger partial charge in [0.2, 0.25) is 0 Å². The molecule has 0 aromatic rings. The molecule has 0 aromatic heterocycles. The lowest BCUT2D eigenvalue weighted by Gasteiger charge is -2.25. The van der Waals surface area contributed by atoms with E-state index in [0.29, 0.717) is 0 Å². The van der Waals surface area contributed by atoms with Crippen LogP contribution >= 0.6 is 0 Å². The van der Waals surface area contributed by atoms with Gasteiger partial charge < -0.3 is 0 Å². The molecule has 1 unspecified atom stereocenters. The molecule has 0 saturated heterocycles. The summed E-state index contributed by atoms with van der Waals surface area (Å²) in [6.45, 7) is 4.28. The molecule has 0 bridgehead atoms. The van der Waals surface area contributed by atoms with Gasteiger partial charge in [-0.25, -0.2) is 0 Å². The molecular formula is C17H37NO3S. The number of hydrogen-bond donors (Lipinski definition) is 0. The topological polar surface area (TPSA) is 46.6 Å². The lowest BCUT2D eigenvalue weighted by molar-refractivity contribution is 0.275. The fourth-order valence-electron chi connectivity index (χ4n) is 2.81. The van der Waals surface area contributed by atoms with Crippen molar-refractivity contribution in [2.24, 2.45) is 0 Å². The van der Waals surface area contributed by atoms with Gasteiger partial charge in [0.05, 0.1) is 7.11 Å². The molecule has 0 spiro atoms. The predicted octanol–water partition coefficient (Wildman–Crippen LogP) is 4.90. The maximum absolute atomic E-state index is 11.7. The van der Waals surface area contributed by atoms with Crippen LogP contribution in [0.4, 0.5) is 0 Å². The summed E-state index contributed by atoms with van der Waals surface area (Å²) < 4.78 is 29.3. The molecule has 0 aromatic carbocycles. The van der Waals surface area contributed by atoms with Crippen LogP contribution < -0.4 is 0 Å². The lowest BCUT2D eigenvalue weighted by Crippen LogP contribution is -2.37. The third kappa shape index (κ3) is 9.80. The number of hydrogen-bond acceptors (Lipinski definition) is 3. The van der Waals surface area contributed by atoms with Crippen LogP contribution in [0.2, 0.25) is 0 Å². The fraction of sp³-hybridized carbons (Fsp3) is 1.00. The van der Waals surface area contributed by atoms with E-state index >= 15 is 0 Å². The highest BCUT2D eigenvalue weighted by Gasteiger charge is 2.24. The van der Waals surface area contributed by atoms with Crippen LogP contribution in [0.5, 0.6) is 0 Å². The molecule has 0 rings (SSSR count). The first-order valence-electron chi connectivity index (χ1n) is 9.03. The van der Waals surface area contributed by atoms with Gasteiger partial charge in [-0.2, -0.15) is 12.7 Å². The van der Waals surface area contributed by atoms with Crippen LogP contribution in [0, 0.1) is 0 Å². The Balaban J connectivity index is 3.68. The molecule has 4 nitrogen and oxygen atoms in total. The van der Waals surface area contributed by atoms with Crippen LogP contribution in [-0.4, -0.2) is 32.9 Å². The van der Waals surface area contributed by atoms with Gasteiger partial charge in [0, 0.05) is 13.1 Å². The first kappa shape index (κ1) is 21.9. The first-order valence-corrected chi connectivity index (χ1v) is 10.4. The zero-order valence-electron chi connectivity index (χ0n) is 15.1. The van der Waals surface area contributed by atoms with Gasteiger partial charge in [-0.1, -0.05) is 78.1 Å². The molecule has 0 radical (unpaired) electrons. The van der Waals surface area contributed by atoms with Gasteiger partial charge in [0.15, 0.2) is 0 Å². The Kier molecular flexibility index (Phi) is 13.2. The van der Waals surface area contributed by atoms with Gasteiger partial charge in [-0.15, -0.1) is 0 Å². The zero-order valence-corrected chi connectivity index (χ0v) is 16.0. The number of nitrogens with zero attached hydrogens (tertiary/aromatic N) is 1. The van der Waals surface area contributed by atoms with Crippen LogP contribution in [-0.2, 0) is 14.5 Å². The van der Waals surface area contributed by atoms with E-state index in [9.17, 15) is 8.42 Å². The van der Waals surface area contributed by atoms with Crippen LogP contribution in [0.15, 0.2) is 0 Å². The monoisotopic (exact) mass is 335 g/mol. The summed E-state index contributed by atoms with van der Waals surface area (Å²) in [7, 11) is -0.703. The minimum atomic E-state index is -3.54. The second kappa shape index (κ2) is 13.3. The third-order valence-corrected chi connectivity index (χ3v) is 5.86. The summed E-state index contributed by atoms with van der Waals surface area (Å²) in [5.74, 6) is 0. The van der Waals surface area contributed by atoms with Crippen molar-refractivity contribution in [2.45, 2.75) is 96.9 Å². The molecule has 0 saturated carbocycles. The molecule has 0 aliphatic heterocycles. The Labute approximate surface area is 138 Å². The standard InChI is InChI=1S/C17H37NO3S/c1-5-7-8-9-10-11-12-13-14-15-16-17(6-2)18(3)22(19,20)21-4/h17H,5-16H2,1-4H3. The summed E-state index contributed by atoms with van der Waals surface area (Å²) in [4.78, 5) is 0.